The summed E-state index contributed by atoms with van der Waals surface area (Å²) in [6, 6.07) is 23.3. The zero-order valence-corrected chi connectivity index (χ0v) is 17.1. The van der Waals surface area contributed by atoms with Crippen LogP contribution in [0.3, 0.4) is 0 Å². The molecule has 0 fully saturated rings. The molecule has 4 aromatic rings. The molecule has 4 rings (SSSR count). The predicted molar refractivity (Wildman–Crippen MR) is 99.1 cm³/mol. The fourth-order valence-electron chi connectivity index (χ4n) is 2.96. The third kappa shape index (κ3) is 3.72. The van der Waals surface area contributed by atoms with Gasteiger partial charge in [-0.1, -0.05) is 53.6 Å². The molecule has 1 aromatic heterocycles. The minimum atomic E-state index is -0.826. The summed E-state index contributed by atoms with van der Waals surface area (Å²) in [7, 11) is 9.87. The van der Waals surface area contributed by atoms with Crippen LogP contribution in [0.5, 0.6) is 0 Å². The summed E-state index contributed by atoms with van der Waals surface area (Å²) in [4.78, 5) is 0. The Hall–Kier alpha value is -1.21. The Kier molecular flexibility index (Phi) is 6.05. The number of hydrogen-bond donors (Lipinski definition) is 0. The second-order valence-corrected chi connectivity index (χ2v) is 9.15. The van der Waals surface area contributed by atoms with Crippen LogP contribution in [0.2, 0.25) is 0 Å². The Morgan fingerprint density at radius 3 is 2.38 bits per heavy atom. The van der Waals surface area contributed by atoms with Crippen LogP contribution in [0, 0.1) is 6.92 Å². The number of rotatable bonds is 2. The van der Waals surface area contributed by atoms with Gasteiger partial charge in [-0.2, -0.15) is 0 Å². The van der Waals surface area contributed by atoms with E-state index in [0.29, 0.717) is 0 Å². The van der Waals surface area contributed by atoms with Crippen molar-refractivity contribution in [2.24, 2.45) is 0 Å². The number of benzene rings is 2. The first-order valence-corrected chi connectivity index (χ1v) is 13.8. The van der Waals surface area contributed by atoms with Crippen molar-refractivity contribution in [1.29, 1.82) is 0 Å². The van der Waals surface area contributed by atoms with Gasteiger partial charge in [0.15, 0.2) is 0 Å². The van der Waals surface area contributed by atoms with Crippen molar-refractivity contribution in [1.82, 2.24) is 0 Å². The van der Waals surface area contributed by atoms with Crippen LogP contribution in [0.15, 0.2) is 77.4 Å². The summed E-state index contributed by atoms with van der Waals surface area (Å²) < 4.78 is 5.52. The second kappa shape index (κ2) is 8.25. The van der Waals surface area contributed by atoms with Crippen molar-refractivity contribution in [3.8, 4) is 22.5 Å². The third-order valence-electron chi connectivity index (χ3n) is 3.97. The van der Waals surface area contributed by atoms with E-state index in [4.69, 9.17) is 21.4 Å². The van der Waals surface area contributed by atoms with Crippen LogP contribution in [-0.4, -0.2) is 0 Å². The molecule has 0 saturated heterocycles. The molecule has 0 aliphatic heterocycles. The number of furan rings is 1. The molecule has 3 aromatic carbocycles. The number of aryl methyl sites for hydroxylation is 1. The molecule has 0 bridgehead atoms. The van der Waals surface area contributed by atoms with Gasteiger partial charge >= 0.3 is 37.9 Å². The molecule has 1 nitrogen and oxygen atoms in total. The molecule has 1 heterocycles. The van der Waals surface area contributed by atoms with E-state index in [1.807, 2.05) is 12.1 Å². The second-order valence-electron chi connectivity index (χ2n) is 5.42. The molecule has 0 aliphatic carbocycles. The summed E-state index contributed by atoms with van der Waals surface area (Å²) in [5, 5.41) is 2.54. The fourth-order valence-corrected chi connectivity index (χ4v) is 2.96. The molecule has 4 heteroatoms. The monoisotopic (exact) mass is 431 g/mol. The van der Waals surface area contributed by atoms with Crippen LogP contribution in [0.25, 0.3) is 33.2 Å². The molecule has 0 N–H and O–H groups in total. The van der Waals surface area contributed by atoms with Gasteiger partial charge in [0.2, 0.25) is 0 Å². The van der Waals surface area contributed by atoms with Crippen molar-refractivity contribution >= 4 is 27.8 Å². The molecule has 0 unspecified atom stereocenters. The molecule has 0 amide bonds. The normalized spacial score (nSPS) is 10.3. The van der Waals surface area contributed by atoms with Crippen molar-refractivity contribution in [2.45, 2.75) is 6.92 Å². The minimum absolute atomic E-state index is 0.826. The average Bonchev–Trinajstić information content (AvgIpc) is 3.25. The van der Waals surface area contributed by atoms with Gasteiger partial charge < -0.3 is 4.42 Å². The third-order valence-corrected chi connectivity index (χ3v) is 3.97. The average molecular weight is 433 g/mol. The fraction of sp³-hybridized carbons (Fsp3) is 0.0500. The molecule has 0 aliphatic rings. The van der Waals surface area contributed by atoms with Crippen LogP contribution in [0.1, 0.15) is 5.56 Å². The standard InChI is InChI=1S/C20H15O.2ClH.Zr/c1-14-9-10-16-12-17(19-8-5-11-21-19)13-18(16)20(14)15-6-3-2-4-7-15;;;/h2-13H,1H3;2*1H;/q-1;;;+2/p-2. The Morgan fingerprint density at radius 2 is 1.71 bits per heavy atom. The van der Waals surface area contributed by atoms with Gasteiger partial charge in [0.25, 0.3) is 0 Å². The first-order valence-electron chi connectivity index (χ1n) is 7.50. The molecule has 120 valence electrons. The van der Waals surface area contributed by atoms with Gasteiger partial charge in [-0.3, -0.25) is 0 Å². The van der Waals surface area contributed by atoms with Gasteiger partial charge in [0.1, 0.15) is 0 Å². The van der Waals surface area contributed by atoms with Crippen molar-refractivity contribution < 1.29 is 25.3 Å². The van der Waals surface area contributed by atoms with Gasteiger partial charge in [-0.25, -0.2) is 0 Å². The summed E-state index contributed by atoms with van der Waals surface area (Å²) in [5.41, 5.74) is 5.01. The van der Waals surface area contributed by atoms with Crippen LogP contribution in [-0.2, 0) is 20.8 Å². The van der Waals surface area contributed by atoms with E-state index in [1.54, 1.807) is 6.26 Å². The summed E-state index contributed by atoms with van der Waals surface area (Å²) in [6.45, 7) is 2.17. The molecular formula is C20H15Cl2OZr-. The number of halogens is 2. The maximum absolute atomic E-state index is 5.52. The van der Waals surface area contributed by atoms with E-state index in [1.165, 1.54) is 27.5 Å². The zero-order chi connectivity index (χ0) is 16.9. The summed E-state index contributed by atoms with van der Waals surface area (Å²) >= 11 is -0.826. The molecule has 0 radical (unpaired) electrons. The van der Waals surface area contributed by atoms with E-state index in [-0.39, 0.29) is 0 Å². The van der Waals surface area contributed by atoms with E-state index < -0.39 is 20.8 Å². The van der Waals surface area contributed by atoms with E-state index in [0.717, 1.165) is 11.3 Å². The summed E-state index contributed by atoms with van der Waals surface area (Å²) in [5.74, 6) is 0.919. The van der Waals surface area contributed by atoms with Crippen LogP contribution in [0.4, 0.5) is 0 Å². The van der Waals surface area contributed by atoms with Crippen LogP contribution < -0.4 is 0 Å². The van der Waals surface area contributed by atoms with Gasteiger partial charge in [0.05, 0.1) is 12.0 Å². The number of hydrogen-bond acceptors (Lipinski definition) is 1. The van der Waals surface area contributed by atoms with E-state index in [9.17, 15) is 0 Å². The van der Waals surface area contributed by atoms with E-state index >= 15 is 0 Å². The molecule has 0 atom stereocenters. The van der Waals surface area contributed by atoms with Crippen LogP contribution >= 0.6 is 17.0 Å². The quantitative estimate of drug-likeness (QED) is 0.306. The first kappa shape index (κ1) is 17.6. The van der Waals surface area contributed by atoms with Crippen molar-refractivity contribution in [3.63, 3.8) is 0 Å². The first-order chi connectivity index (χ1) is 11.7. The van der Waals surface area contributed by atoms with Crippen molar-refractivity contribution in [3.05, 3.63) is 78.6 Å². The van der Waals surface area contributed by atoms with E-state index in [2.05, 4.69) is 61.5 Å². The Labute approximate surface area is 160 Å². The summed E-state index contributed by atoms with van der Waals surface area (Å²) in [6.07, 6.45) is 1.72. The van der Waals surface area contributed by atoms with Crippen molar-refractivity contribution in [2.75, 3.05) is 0 Å². The molecular weight excluding hydrogens is 418 g/mol. The Bertz CT molecular complexity index is 912. The molecule has 0 saturated carbocycles. The number of fused-ring (bicyclic) bond motifs is 1. The SMILES string of the molecule is Cc1ccc2[cH-]c(-c3ccco3)cc2c1-c1ccccc1.[Cl][Zr][Cl]. The maximum atomic E-state index is 5.52. The van der Waals surface area contributed by atoms with Gasteiger partial charge in [-0.15, -0.1) is 29.0 Å². The molecule has 24 heavy (non-hydrogen) atoms. The Morgan fingerprint density at radius 1 is 0.958 bits per heavy atom. The van der Waals surface area contributed by atoms with Gasteiger partial charge in [-0.05, 0) is 24.1 Å². The van der Waals surface area contributed by atoms with Gasteiger partial charge in [0, 0.05) is 0 Å². The topological polar surface area (TPSA) is 13.1 Å². The molecule has 0 spiro atoms. The Balaban J connectivity index is 0.000000526. The predicted octanol–water partition coefficient (Wildman–Crippen LogP) is 7.17. The zero-order valence-electron chi connectivity index (χ0n) is 13.1.